The predicted octanol–water partition coefficient (Wildman–Crippen LogP) is 6.05. The molecule has 0 bridgehead atoms. The Morgan fingerprint density at radius 2 is 1.19 bits per heavy atom. The maximum absolute atomic E-state index is 11.4. The van der Waals surface area contributed by atoms with E-state index in [1.807, 2.05) is 0 Å². The van der Waals surface area contributed by atoms with Gasteiger partial charge in [0.15, 0.2) is 11.6 Å². The topological polar surface area (TPSA) is 62.5 Å². The third-order valence-electron chi connectivity index (χ3n) is 5.25. The lowest BCUT2D eigenvalue weighted by Crippen LogP contribution is -2.11. The van der Waals surface area contributed by atoms with Gasteiger partial charge in [-0.3, -0.25) is 4.79 Å². The van der Waals surface area contributed by atoms with E-state index in [0.717, 1.165) is 18.9 Å². The quantitative estimate of drug-likeness (QED) is 0.372. The Hall–Kier alpha value is -1.45. The standard InChI is InChI=1S/C22H39NO3/c1-3-4-5-6-7-8-9-10-11-12-13-14-15-16-17-23-19(2)22(26)20(24)18-21(23)25/h18,25-26H,3-17H2,1-2H3. The second kappa shape index (κ2) is 13.7. The van der Waals surface area contributed by atoms with Crippen molar-refractivity contribution >= 4 is 0 Å². The summed E-state index contributed by atoms with van der Waals surface area (Å²) in [6, 6.07) is 1.09. The first-order valence-electron chi connectivity index (χ1n) is 10.7. The van der Waals surface area contributed by atoms with Crippen LogP contribution in [0.15, 0.2) is 10.9 Å². The highest BCUT2D eigenvalue weighted by Crippen LogP contribution is 2.19. The van der Waals surface area contributed by atoms with Crippen LogP contribution in [0.3, 0.4) is 0 Å². The summed E-state index contributed by atoms with van der Waals surface area (Å²) < 4.78 is 1.62. The molecule has 0 aromatic carbocycles. The third kappa shape index (κ3) is 8.77. The van der Waals surface area contributed by atoms with Gasteiger partial charge in [0.25, 0.3) is 0 Å². The van der Waals surface area contributed by atoms with Crippen LogP contribution in [0.4, 0.5) is 0 Å². The molecule has 0 spiro atoms. The van der Waals surface area contributed by atoms with Crippen molar-refractivity contribution < 1.29 is 10.2 Å². The fourth-order valence-corrected chi connectivity index (χ4v) is 3.49. The van der Waals surface area contributed by atoms with Gasteiger partial charge in [0, 0.05) is 12.6 Å². The van der Waals surface area contributed by atoms with Gasteiger partial charge in [-0.25, -0.2) is 0 Å². The molecular weight excluding hydrogens is 326 g/mol. The summed E-state index contributed by atoms with van der Waals surface area (Å²) in [4.78, 5) is 11.4. The monoisotopic (exact) mass is 365 g/mol. The molecular formula is C22H39NO3. The van der Waals surface area contributed by atoms with Crippen molar-refractivity contribution in [3.05, 3.63) is 22.0 Å². The van der Waals surface area contributed by atoms with Crippen LogP contribution in [0.2, 0.25) is 0 Å². The van der Waals surface area contributed by atoms with Gasteiger partial charge < -0.3 is 14.8 Å². The van der Waals surface area contributed by atoms with Crippen molar-refractivity contribution in [2.45, 2.75) is 110 Å². The lowest BCUT2D eigenvalue weighted by molar-refractivity contribution is 0.383. The lowest BCUT2D eigenvalue weighted by atomic mass is 10.0. The van der Waals surface area contributed by atoms with E-state index in [1.165, 1.54) is 77.0 Å². The van der Waals surface area contributed by atoms with Gasteiger partial charge in [-0.1, -0.05) is 90.4 Å². The van der Waals surface area contributed by atoms with Crippen LogP contribution in [-0.2, 0) is 6.54 Å². The first-order valence-corrected chi connectivity index (χ1v) is 10.7. The SMILES string of the molecule is CCCCCCCCCCCCCCCCn1c(O)cc(=O)c(O)c1C. The molecule has 1 rings (SSSR count). The first-order chi connectivity index (χ1) is 12.6. The van der Waals surface area contributed by atoms with Gasteiger partial charge in [-0.05, 0) is 13.3 Å². The molecule has 0 aliphatic rings. The molecule has 1 aromatic rings. The lowest BCUT2D eigenvalue weighted by Gasteiger charge is -2.13. The number of pyridine rings is 1. The van der Waals surface area contributed by atoms with E-state index >= 15 is 0 Å². The Morgan fingerprint density at radius 3 is 1.65 bits per heavy atom. The maximum atomic E-state index is 11.4. The predicted molar refractivity (Wildman–Crippen MR) is 109 cm³/mol. The number of hydrogen-bond acceptors (Lipinski definition) is 3. The molecule has 0 saturated carbocycles. The van der Waals surface area contributed by atoms with Gasteiger partial charge in [-0.2, -0.15) is 0 Å². The molecule has 4 heteroatoms. The average molecular weight is 366 g/mol. The molecule has 150 valence electrons. The van der Waals surface area contributed by atoms with Crippen LogP contribution >= 0.6 is 0 Å². The van der Waals surface area contributed by atoms with Gasteiger partial charge in [0.05, 0.1) is 5.69 Å². The van der Waals surface area contributed by atoms with Crippen LogP contribution in [0, 0.1) is 6.92 Å². The largest absolute Gasteiger partial charge is 0.503 e. The molecule has 0 fully saturated rings. The van der Waals surface area contributed by atoms with Gasteiger partial charge in [0.1, 0.15) is 0 Å². The average Bonchev–Trinajstić information content (AvgIpc) is 2.62. The number of aromatic nitrogens is 1. The summed E-state index contributed by atoms with van der Waals surface area (Å²) in [5.41, 5.74) is -0.0677. The Morgan fingerprint density at radius 1 is 0.769 bits per heavy atom. The number of unbranched alkanes of at least 4 members (excludes halogenated alkanes) is 13. The minimum Gasteiger partial charge on any atom is -0.503 e. The normalized spacial score (nSPS) is 11.2. The second-order valence-electron chi connectivity index (χ2n) is 7.55. The van der Waals surface area contributed by atoms with Crippen molar-refractivity contribution in [1.29, 1.82) is 0 Å². The van der Waals surface area contributed by atoms with Crippen LogP contribution < -0.4 is 5.43 Å². The van der Waals surface area contributed by atoms with Gasteiger partial charge in [0.2, 0.25) is 5.43 Å². The van der Waals surface area contributed by atoms with Crippen molar-refractivity contribution in [2.24, 2.45) is 0 Å². The van der Waals surface area contributed by atoms with Gasteiger partial charge >= 0.3 is 0 Å². The van der Waals surface area contributed by atoms with Crippen molar-refractivity contribution in [2.75, 3.05) is 0 Å². The Bertz CT molecular complexity index is 551. The molecule has 0 aliphatic carbocycles. The first kappa shape index (κ1) is 22.6. The minimum atomic E-state index is -0.516. The van der Waals surface area contributed by atoms with E-state index in [4.69, 9.17) is 0 Å². The molecule has 26 heavy (non-hydrogen) atoms. The summed E-state index contributed by atoms with van der Waals surface area (Å²) in [5.74, 6) is -0.312. The fraction of sp³-hybridized carbons (Fsp3) is 0.773. The van der Waals surface area contributed by atoms with Crippen molar-refractivity contribution in [3.8, 4) is 11.6 Å². The molecule has 0 atom stereocenters. The highest BCUT2D eigenvalue weighted by molar-refractivity contribution is 5.30. The van der Waals surface area contributed by atoms with Crippen LogP contribution in [0.1, 0.15) is 103 Å². The molecule has 1 aromatic heterocycles. The van der Waals surface area contributed by atoms with E-state index in [-0.39, 0.29) is 11.6 Å². The number of nitrogens with zero attached hydrogens (tertiary/aromatic N) is 1. The van der Waals surface area contributed by atoms with Crippen LogP contribution in [0.5, 0.6) is 11.6 Å². The summed E-state index contributed by atoms with van der Waals surface area (Å²) >= 11 is 0. The Labute approximate surface area is 159 Å². The summed E-state index contributed by atoms with van der Waals surface area (Å²) in [5, 5.41) is 19.5. The molecule has 1 heterocycles. The minimum absolute atomic E-state index is 0.0556. The number of rotatable bonds is 15. The van der Waals surface area contributed by atoms with Crippen molar-refractivity contribution in [1.82, 2.24) is 4.57 Å². The zero-order valence-electron chi connectivity index (χ0n) is 16.9. The molecule has 4 nitrogen and oxygen atoms in total. The number of aromatic hydroxyl groups is 2. The smallest absolute Gasteiger partial charge is 0.227 e. The summed E-state index contributed by atoms with van der Waals surface area (Å²) in [7, 11) is 0. The summed E-state index contributed by atoms with van der Waals surface area (Å²) in [6.45, 7) is 4.57. The van der Waals surface area contributed by atoms with Crippen LogP contribution in [0.25, 0.3) is 0 Å². The molecule has 0 saturated heterocycles. The number of hydrogen-bond donors (Lipinski definition) is 2. The highest BCUT2D eigenvalue weighted by Gasteiger charge is 2.10. The molecule has 2 N–H and O–H groups in total. The van der Waals surface area contributed by atoms with E-state index < -0.39 is 5.43 Å². The van der Waals surface area contributed by atoms with E-state index in [9.17, 15) is 15.0 Å². The Kier molecular flexibility index (Phi) is 11.9. The zero-order valence-corrected chi connectivity index (χ0v) is 16.9. The fourth-order valence-electron chi connectivity index (χ4n) is 3.49. The van der Waals surface area contributed by atoms with Gasteiger partial charge in [-0.15, -0.1) is 0 Å². The third-order valence-corrected chi connectivity index (χ3v) is 5.25. The Balaban J connectivity index is 1.99. The second-order valence-corrected chi connectivity index (χ2v) is 7.55. The van der Waals surface area contributed by atoms with Crippen molar-refractivity contribution in [3.63, 3.8) is 0 Å². The molecule has 0 radical (unpaired) electrons. The molecule has 0 amide bonds. The maximum Gasteiger partial charge on any atom is 0.227 e. The molecule has 0 unspecified atom stereocenters. The van der Waals surface area contributed by atoms with E-state index in [2.05, 4.69) is 6.92 Å². The molecule has 0 aliphatic heterocycles. The summed E-state index contributed by atoms with van der Waals surface area (Å²) in [6.07, 6.45) is 18.3. The highest BCUT2D eigenvalue weighted by atomic mass is 16.3. The zero-order chi connectivity index (χ0) is 19.2. The van der Waals surface area contributed by atoms with Crippen LogP contribution in [-0.4, -0.2) is 14.8 Å². The van der Waals surface area contributed by atoms with E-state index in [0.29, 0.717) is 12.2 Å². The van der Waals surface area contributed by atoms with E-state index in [1.54, 1.807) is 11.5 Å².